The number of methoxy groups -OCH3 is 1. The van der Waals surface area contributed by atoms with E-state index in [1.807, 2.05) is 13.8 Å². The third-order valence-corrected chi connectivity index (χ3v) is 3.02. The minimum atomic E-state index is -0.720. The molecule has 0 amide bonds. The molecule has 3 atom stereocenters. The lowest BCUT2D eigenvalue weighted by Crippen LogP contribution is -2.50. The Morgan fingerprint density at radius 2 is 2.00 bits per heavy atom. The summed E-state index contributed by atoms with van der Waals surface area (Å²) in [6.45, 7) is 5.42. The van der Waals surface area contributed by atoms with Gasteiger partial charge in [0.1, 0.15) is 13.4 Å². The summed E-state index contributed by atoms with van der Waals surface area (Å²) < 4.78 is 11.0. The Hall–Kier alpha value is -0.0551. The molecule has 0 spiro atoms. The molecule has 0 bridgehead atoms. The van der Waals surface area contributed by atoms with Crippen molar-refractivity contribution in [3.63, 3.8) is 0 Å². The van der Waals surface area contributed by atoms with Gasteiger partial charge in [0.15, 0.2) is 0 Å². The molecule has 0 aliphatic carbocycles. The molecule has 2 radical (unpaired) electrons. The lowest BCUT2D eigenvalue weighted by atomic mass is 9.75. The van der Waals surface area contributed by atoms with Crippen molar-refractivity contribution in [3.8, 4) is 0 Å². The first-order valence-corrected chi connectivity index (χ1v) is 4.44. The second kappa shape index (κ2) is 2.97. The van der Waals surface area contributed by atoms with E-state index in [2.05, 4.69) is 0 Å². The van der Waals surface area contributed by atoms with Crippen molar-refractivity contribution < 1.29 is 14.6 Å². The van der Waals surface area contributed by atoms with Crippen LogP contribution in [0, 0.1) is 0 Å². The van der Waals surface area contributed by atoms with Crippen LogP contribution in [-0.2, 0) is 9.47 Å². The molecule has 1 heterocycles. The predicted octanol–water partition coefficient (Wildman–Crippen LogP) is 0.447. The number of rotatable bonds is 2. The zero-order valence-corrected chi connectivity index (χ0v) is 8.76. The molecule has 3 nitrogen and oxygen atoms in total. The Morgan fingerprint density at radius 3 is 2.31 bits per heavy atom. The summed E-state index contributed by atoms with van der Waals surface area (Å²) in [6, 6.07) is 0. The van der Waals surface area contributed by atoms with E-state index in [4.69, 9.17) is 17.3 Å². The minimum absolute atomic E-state index is 0.0931. The van der Waals surface area contributed by atoms with Gasteiger partial charge in [-0.1, -0.05) is 0 Å². The summed E-state index contributed by atoms with van der Waals surface area (Å²) >= 11 is 0. The van der Waals surface area contributed by atoms with Gasteiger partial charge in [0.25, 0.3) is 0 Å². The van der Waals surface area contributed by atoms with Gasteiger partial charge in [-0.3, -0.25) is 0 Å². The fourth-order valence-electron chi connectivity index (χ4n) is 2.00. The molecule has 3 unspecified atom stereocenters. The first-order valence-electron chi connectivity index (χ1n) is 4.44. The lowest BCUT2D eigenvalue weighted by molar-refractivity contribution is -0.153. The Kier molecular flexibility index (Phi) is 2.52. The van der Waals surface area contributed by atoms with E-state index in [9.17, 15) is 5.11 Å². The summed E-state index contributed by atoms with van der Waals surface area (Å²) in [6.07, 6.45) is 0.577. The monoisotopic (exact) mass is 184 g/mol. The fraction of sp³-hybridized carbons (Fsp3) is 1.00. The van der Waals surface area contributed by atoms with Gasteiger partial charge in [-0.15, -0.1) is 0 Å². The van der Waals surface area contributed by atoms with Crippen molar-refractivity contribution in [1.82, 2.24) is 0 Å². The van der Waals surface area contributed by atoms with Crippen LogP contribution in [0.3, 0.4) is 0 Å². The van der Waals surface area contributed by atoms with Crippen LogP contribution in [-0.4, -0.2) is 43.4 Å². The molecule has 1 fully saturated rings. The fourth-order valence-corrected chi connectivity index (χ4v) is 2.00. The molecular formula is C9H17BO3. The summed E-state index contributed by atoms with van der Waals surface area (Å²) in [7, 11) is 7.48. The molecule has 0 saturated carbocycles. The minimum Gasteiger partial charge on any atom is -0.393 e. The third kappa shape index (κ3) is 1.63. The number of ether oxygens (including phenoxy) is 2. The lowest BCUT2D eigenvalue weighted by Gasteiger charge is -2.36. The van der Waals surface area contributed by atoms with Crippen LogP contribution >= 0.6 is 0 Å². The number of aliphatic hydroxyl groups is 1. The average Bonchev–Trinajstić information content (AvgIpc) is 2.19. The number of hydrogen-bond donors (Lipinski definition) is 1. The topological polar surface area (TPSA) is 38.7 Å². The van der Waals surface area contributed by atoms with Gasteiger partial charge in [-0.25, -0.2) is 0 Å². The molecule has 1 N–H and O–H groups in total. The SMILES string of the molecule is [B]C1(C)CC(C)(OC)C(C)(CO)O1. The van der Waals surface area contributed by atoms with E-state index in [-0.39, 0.29) is 6.61 Å². The predicted molar refractivity (Wildman–Crippen MR) is 50.8 cm³/mol. The molecule has 0 aromatic heterocycles. The van der Waals surface area contributed by atoms with Crippen molar-refractivity contribution in [2.75, 3.05) is 13.7 Å². The van der Waals surface area contributed by atoms with Crippen LogP contribution in [0.15, 0.2) is 0 Å². The zero-order valence-electron chi connectivity index (χ0n) is 8.76. The van der Waals surface area contributed by atoms with Crippen LogP contribution in [0.1, 0.15) is 27.2 Å². The van der Waals surface area contributed by atoms with E-state index in [0.29, 0.717) is 6.42 Å². The Balaban J connectivity index is 2.97. The molecule has 1 aliphatic rings. The van der Waals surface area contributed by atoms with E-state index in [1.54, 1.807) is 14.0 Å². The average molecular weight is 184 g/mol. The highest BCUT2D eigenvalue weighted by Gasteiger charge is 2.56. The maximum atomic E-state index is 9.26. The maximum absolute atomic E-state index is 9.26. The summed E-state index contributed by atoms with van der Waals surface area (Å²) in [5, 5.41) is 9.26. The van der Waals surface area contributed by atoms with Crippen molar-refractivity contribution in [2.45, 2.75) is 43.9 Å². The second-order valence-electron chi connectivity index (χ2n) is 4.42. The Morgan fingerprint density at radius 1 is 1.46 bits per heavy atom. The number of aliphatic hydroxyl groups excluding tert-OH is 1. The summed E-state index contributed by atoms with van der Waals surface area (Å²) in [5.74, 6) is 0. The molecular weight excluding hydrogens is 167 g/mol. The molecule has 1 saturated heterocycles. The molecule has 1 rings (SSSR count). The maximum Gasteiger partial charge on any atom is 0.117 e. The highest BCUT2D eigenvalue weighted by molar-refractivity contribution is 6.14. The highest BCUT2D eigenvalue weighted by Crippen LogP contribution is 2.45. The van der Waals surface area contributed by atoms with Crippen LogP contribution in [0.4, 0.5) is 0 Å². The molecule has 74 valence electrons. The molecule has 4 heteroatoms. The van der Waals surface area contributed by atoms with Crippen molar-refractivity contribution in [3.05, 3.63) is 0 Å². The van der Waals surface area contributed by atoms with Crippen molar-refractivity contribution >= 4 is 7.85 Å². The van der Waals surface area contributed by atoms with Gasteiger partial charge in [-0.05, 0) is 27.2 Å². The van der Waals surface area contributed by atoms with Crippen LogP contribution < -0.4 is 0 Å². The van der Waals surface area contributed by atoms with Gasteiger partial charge >= 0.3 is 0 Å². The Bertz CT molecular complexity index is 187. The second-order valence-corrected chi connectivity index (χ2v) is 4.42. The van der Waals surface area contributed by atoms with Crippen molar-refractivity contribution in [2.24, 2.45) is 0 Å². The third-order valence-electron chi connectivity index (χ3n) is 3.02. The van der Waals surface area contributed by atoms with Gasteiger partial charge < -0.3 is 14.6 Å². The van der Waals surface area contributed by atoms with Crippen LogP contribution in [0.25, 0.3) is 0 Å². The van der Waals surface area contributed by atoms with Crippen LogP contribution in [0.5, 0.6) is 0 Å². The van der Waals surface area contributed by atoms with Gasteiger partial charge in [0.05, 0.1) is 12.2 Å². The summed E-state index contributed by atoms with van der Waals surface area (Å²) in [5.41, 5.74) is -1.96. The van der Waals surface area contributed by atoms with Gasteiger partial charge in [0, 0.05) is 12.6 Å². The van der Waals surface area contributed by atoms with Crippen LogP contribution in [0.2, 0.25) is 0 Å². The van der Waals surface area contributed by atoms with E-state index in [0.717, 1.165) is 0 Å². The first-order chi connectivity index (χ1) is 5.79. The molecule has 0 aromatic rings. The number of hydrogen-bond acceptors (Lipinski definition) is 3. The van der Waals surface area contributed by atoms with E-state index in [1.165, 1.54) is 0 Å². The standard InChI is InChI=1S/C9H17BO3/c1-7(12-4)5-9(3,10)13-8(7,2)6-11/h11H,5-6H2,1-4H3. The quantitative estimate of drug-likeness (QED) is 0.633. The Labute approximate surface area is 80.8 Å². The normalized spacial score (nSPS) is 51.2. The van der Waals surface area contributed by atoms with Gasteiger partial charge in [-0.2, -0.15) is 0 Å². The smallest absolute Gasteiger partial charge is 0.117 e. The van der Waals surface area contributed by atoms with E-state index >= 15 is 0 Å². The first kappa shape index (κ1) is 11.0. The zero-order chi connectivity index (χ0) is 10.3. The molecule has 13 heavy (non-hydrogen) atoms. The van der Waals surface area contributed by atoms with Crippen molar-refractivity contribution in [1.29, 1.82) is 0 Å². The molecule has 0 aromatic carbocycles. The molecule has 1 aliphatic heterocycles. The van der Waals surface area contributed by atoms with E-state index < -0.39 is 16.7 Å². The highest BCUT2D eigenvalue weighted by atomic mass is 16.6. The summed E-state index contributed by atoms with van der Waals surface area (Å²) in [4.78, 5) is 0. The largest absolute Gasteiger partial charge is 0.393 e. The van der Waals surface area contributed by atoms with Gasteiger partial charge in [0.2, 0.25) is 0 Å².